The van der Waals surface area contributed by atoms with E-state index in [0.717, 1.165) is 22.3 Å². The number of hydrogen-bond acceptors (Lipinski definition) is 5. The van der Waals surface area contributed by atoms with Crippen molar-refractivity contribution < 1.29 is 14.6 Å². The fraction of sp³-hybridized carbons (Fsp3) is 0.143. The van der Waals surface area contributed by atoms with E-state index >= 15 is 0 Å². The highest BCUT2D eigenvalue weighted by molar-refractivity contribution is 7.12. The first kappa shape index (κ1) is 18.6. The van der Waals surface area contributed by atoms with Gasteiger partial charge in [-0.2, -0.15) is 5.26 Å². The molecule has 0 saturated carbocycles. The number of ether oxygens (including phenoxy) is 1. The Balaban J connectivity index is 1.63. The summed E-state index contributed by atoms with van der Waals surface area (Å²) in [7, 11) is 0. The van der Waals surface area contributed by atoms with E-state index in [4.69, 9.17) is 9.84 Å². The van der Waals surface area contributed by atoms with E-state index in [1.165, 1.54) is 11.3 Å². The zero-order chi connectivity index (χ0) is 19.1. The van der Waals surface area contributed by atoms with Crippen LogP contribution in [0, 0.1) is 11.3 Å². The molecule has 0 bridgehead atoms. The summed E-state index contributed by atoms with van der Waals surface area (Å²) < 4.78 is 5.87. The van der Waals surface area contributed by atoms with Gasteiger partial charge in [0, 0.05) is 17.5 Å². The Morgan fingerprint density at radius 3 is 2.48 bits per heavy atom. The summed E-state index contributed by atoms with van der Waals surface area (Å²) in [6, 6.07) is 19.8. The molecule has 3 aromatic rings. The van der Waals surface area contributed by atoms with Crippen LogP contribution in [0.5, 0.6) is 5.06 Å². The summed E-state index contributed by atoms with van der Waals surface area (Å²) in [5, 5.41) is 23.6. The molecule has 5 nitrogen and oxygen atoms in total. The minimum atomic E-state index is -0.876. The van der Waals surface area contributed by atoms with Crippen molar-refractivity contribution in [2.75, 3.05) is 6.54 Å². The third-order valence-electron chi connectivity index (χ3n) is 3.95. The van der Waals surface area contributed by atoms with Crippen molar-refractivity contribution in [1.82, 2.24) is 5.32 Å². The van der Waals surface area contributed by atoms with Crippen LogP contribution < -0.4 is 10.1 Å². The Labute approximate surface area is 161 Å². The second-order valence-electron chi connectivity index (χ2n) is 5.89. The molecule has 3 rings (SSSR count). The molecule has 0 fully saturated rings. The molecule has 27 heavy (non-hydrogen) atoms. The quantitative estimate of drug-likeness (QED) is 0.618. The van der Waals surface area contributed by atoms with Crippen molar-refractivity contribution in [3.05, 3.63) is 76.7 Å². The fourth-order valence-electron chi connectivity index (χ4n) is 2.60. The minimum Gasteiger partial charge on any atom is -0.480 e. The first-order valence-corrected chi connectivity index (χ1v) is 9.25. The van der Waals surface area contributed by atoms with Gasteiger partial charge >= 0.3 is 5.97 Å². The molecule has 0 unspecified atom stereocenters. The van der Waals surface area contributed by atoms with Crippen LogP contribution in [0.15, 0.2) is 60.0 Å². The number of aliphatic carboxylic acids is 1. The minimum absolute atomic E-state index is 0.0656. The van der Waals surface area contributed by atoms with Crippen LogP contribution >= 0.6 is 11.3 Å². The largest absolute Gasteiger partial charge is 0.480 e. The molecule has 1 aromatic heterocycles. The highest BCUT2D eigenvalue weighted by atomic mass is 32.1. The van der Waals surface area contributed by atoms with Crippen molar-refractivity contribution in [1.29, 1.82) is 5.26 Å². The van der Waals surface area contributed by atoms with Gasteiger partial charge in [0.1, 0.15) is 18.2 Å². The molecule has 0 aliphatic carbocycles. The number of nitrogens with one attached hydrogen (secondary N) is 1. The van der Waals surface area contributed by atoms with Gasteiger partial charge in [-0.15, -0.1) is 11.3 Å². The lowest BCUT2D eigenvalue weighted by molar-refractivity contribution is -0.135. The van der Waals surface area contributed by atoms with Gasteiger partial charge in [-0.1, -0.05) is 54.6 Å². The summed E-state index contributed by atoms with van der Waals surface area (Å²) >= 11 is 1.42. The van der Waals surface area contributed by atoms with E-state index in [2.05, 4.69) is 11.4 Å². The molecular formula is C21H18N2O3S. The lowest BCUT2D eigenvalue weighted by Gasteiger charge is -2.07. The average molecular weight is 378 g/mol. The molecule has 0 amide bonds. The summed E-state index contributed by atoms with van der Waals surface area (Å²) in [6.45, 7) is 0.799. The van der Waals surface area contributed by atoms with Crippen LogP contribution in [0.2, 0.25) is 0 Å². The average Bonchev–Trinajstić information content (AvgIpc) is 3.10. The monoisotopic (exact) mass is 378 g/mol. The smallest absolute Gasteiger partial charge is 0.317 e. The molecular weight excluding hydrogens is 360 g/mol. The van der Waals surface area contributed by atoms with E-state index in [9.17, 15) is 10.1 Å². The zero-order valence-electron chi connectivity index (χ0n) is 14.5. The van der Waals surface area contributed by atoms with E-state index in [-0.39, 0.29) is 6.54 Å². The van der Waals surface area contributed by atoms with Gasteiger partial charge in [-0.25, -0.2) is 0 Å². The van der Waals surface area contributed by atoms with Gasteiger partial charge in [0.2, 0.25) is 0 Å². The predicted octanol–water partition coefficient (Wildman–Crippen LogP) is 4.04. The van der Waals surface area contributed by atoms with Crippen LogP contribution in [0.3, 0.4) is 0 Å². The van der Waals surface area contributed by atoms with E-state index in [1.54, 1.807) is 0 Å². The summed E-state index contributed by atoms with van der Waals surface area (Å²) in [5.74, 6) is -0.876. The van der Waals surface area contributed by atoms with Gasteiger partial charge < -0.3 is 15.2 Å². The van der Waals surface area contributed by atoms with Crippen LogP contribution in [0.4, 0.5) is 0 Å². The highest BCUT2D eigenvalue weighted by Gasteiger charge is 2.14. The van der Waals surface area contributed by atoms with Crippen molar-refractivity contribution in [2.45, 2.75) is 13.2 Å². The first-order valence-electron chi connectivity index (χ1n) is 8.37. The normalized spacial score (nSPS) is 10.3. The van der Waals surface area contributed by atoms with Crippen molar-refractivity contribution in [2.24, 2.45) is 0 Å². The Hall–Kier alpha value is -3.14. The van der Waals surface area contributed by atoms with E-state index < -0.39 is 5.97 Å². The molecule has 0 spiro atoms. The standard InChI is InChI=1S/C21H18N2O3S/c22-10-18-19(17-4-2-1-3-5-17)14-27-21(18)26-13-16-8-6-15(7-9-16)11-23-12-20(24)25/h1-9,14,23H,11-13H2,(H,24,25). The van der Waals surface area contributed by atoms with E-state index in [0.29, 0.717) is 23.8 Å². The molecule has 1 heterocycles. The molecule has 0 aliphatic rings. The number of carboxylic acids is 1. The summed E-state index contributed by atoms with van der Waals surface area (Å²) in [4.78, 5) is 10.5. The third-order valence-corrected chi connectivity index (χ3v) is 4.84. The second kappa shape index (κ2) is 8.99. The summed E-state index contributed by atoms with van der Waals surface area (Å²) in [6.07, 6.45) is 0. The number of carboxylic acid groups (broad SMARTS) is 1. The number of nitriles is 1. The maximum absolute atomic E-state index is 10.5. The van der Waals surface area contributed by atoms with E-state index in [1.807, 2.05) is 60.0 Å². The maximum atomic E-state index is 10.5. The molecule has 2 N–H and O–H groups in total. The third kappa shape index (κ3) is 4.94. The summed E-state index contributed by atoms with van der Waals surface area (Å²) in [5.41, 5.74) is 4.42. The van der Waals surface area contributed by atoms with Gasteiger partial charge in [0.25, 0.3) is 0 Å². The first-order chi connectivity index (χ1) is 13.2. The number of thiophene rings is 1. The molecule has 136 valence electrons. The molecule has 2 aromatic carbocycles. The zero-order valence-corrected chi connectivity index (χ0v) is 15.3. The molecule has 6 heteroatoms. The molecule has 0 radical (unpaired) electrons. The Morgan fingerprint density at radius 1 is 1.11 bits per heavy atom. The predicted molar refractivity (Wildman–Crippen MR) is 105 cm³/mol. The van der Waals surface area contributed by atoms with Crippen molar-refractivity contribution in [3.8, 4) is 22.3 Å². The molecule has 0 aliphatic heterocycles. The number of nitrogens with zero attached hydrogens (tertiary/aromatic N) is 1. The van der Waals surface area contributed by atoms with Crippen LogP contribution in [-0.4, -0.2) is 17.6 Å². The topological polar surface area (TPSA) is 82.3 Å². The second-order valence-corrected chi connectivity index (χ2v) is 6.73. The molecule has 0 saturated heterocycles. The SMILES string of the molecule is N#Cc1c(-c2ccccc2)csc1OCc1ccc(CNCC(=O)O)cc1. The Bertz CT molecular complexity index is 944. The lowest BCUT2D eigenvalue weighted by atomic mass is 10.1. The van der Waals surface area contributed by atoms with Crippen LogP contribution in [0.1, 0.15) is 16.7 Å². The fourth-order valence-corrected chi connectivity index (χ4v) is 3.48. The Morgan fingerprint density at radius 2 is 1.81 bits per heavy atom. The van der Waals surface area contributed by atoms with Crippen molar-refractivity contribution in [3.63, 3.8) is 0 Å². The van der Waals surface area contributed by atoms with Gasteiger partial charge in [-0.3, -0.25) is 4.79 Å². The van der Waals surface area contributed by atoms with Crippen LogP contribution in [-0.2, 0) is 17.9 Å². The number of carbonyl (C=O) groups is 1. The maximum Gasteiger partial charge on any atom is 0.317 e. The Kier molecular flexibility index (Phi) is 6.21. The van der Waals surface area contributed by atoms with Gasteiger partial charge in [0.15, 0.2) is 5.06 Å². The lowest BCUT2D eigenvalue weighted by Crippen LogP contribution is -2.21. The van der Waals surface area contributed by atoms with Crippen LogP contribution in [0.25, 0.3) is 11.1 Å². The number of benzene rings is 2. The van der Waals surface area contributed by atoms with Gasteiger partial charge in [0.05, 0.1) is 6.54 Å². The van der Waals surface area contributed by atoms with Crippen molar-refractivity contribution >= 4 is 17.3 Å². The molecule has 0 atom stereocenters. The highest BCUT2D eigenvalue weighted by Crippen LogP contribution is 2.37. The number of rotatable bonds is 8. The van der Waals surface area contributed by atoms with Gasteiger partial charge in [-0.05, 0) is 16.7 Å². The number of hydrogen-bond donors (Lipinski definition) is 2.